The van der Waals surface area contributed by atoms with Gasteiger partial charge in [0.1, 0.15) is 0 Å². The van der Waals surface area contributed by atoms with Crippen molar-refractivity contribution in [1.29, 1.82) is 0 Å². The Bertz CT molecular complexity index is 338. The molecule has 1 aliphatic heterocycles. The standard InChI is InChI=1S/C14H27N3O4/c1-3-11(7-13(18)19)8-15-14(20)16-9-12-10-17(4-2)5-6-21-12/h11-12H,3-10H2,1-2H3,(H,18,19)(H2,15,16,20). The molecule has 0 spiro atoms. The highest BCUT2D eigenvalue weighted by Gasteiger charge is 2.20. The third-order valence-electron chi connectivity index (χ3n) is 3.75. The highest BCUT2D eigenvalue weighted by atomic mass is 16.5. The number of nitrogens with one attached hydrogen (secondary N) is 2. The molecule has 0 aliphatic carbocycles. The zero-order chi connectivity index (χ0) is 15.7. The first-order valence-electron chi connectivity index (χ1n) is 7.62. The molecule has 7 nitrogen and oxygen atoms in total. The number of aliphatic carboxylic acids is 1. The summed E-state index contributed by atoms with van der Waals surface area (Å²) in [5, 5.41) is 14.3. The monoisotopic (exact) mass is 301 g/mol. The smallest absolute Gasteiger partial charge is 0.314 e. The molecule has 0 saturated carbocycles. The second kappa shape index (κ2) is 9.57. The maximum absolute atomic E-state index is 11.7. The van der Waals surface area contributed by atoms with Crippen molar-refractivity contribution in [2.45, 2.75) is 32.8 Å². The van der Waals surface area contributed by atoms with Gasteiger partial charge in [-0.3, -0.25) is 9.69 Å². The Morgan fingerprint density at radius 2 is 2.14 bits per heavy atom. The Hall–Kier alpha value is -1.34. The maximum atomic E-state index is 11.7. The molecule has 1 rings (SSSR count). The van der Waals surface area contributed by atoms with Gasteiger partial charge in [0.05, 0.1) is 12.7 Å². The Balaban J connectivity index is 2.19. The van der Waals surface area contributed by atoms with Gasteiger partial charge in [-0.15, -0.1) is 0 Å². The van der Waals surface area contributed by atoms with Gasteiger partial charge in [0, 0.05) is 32.6 Å². The molecule has 2 unspecified atom stereocenters. The molecule has 1 saturated heterocycles. The second-order valence-electron chi connectivity index (χ2n) is 5.35. The molecule has 21 heavy (non-hydrogen) atoms. The summed E-state index contributed by atoms with van der Waals surface area (Å²) in [6.45, 7) is 8.31. The number of ether oxygens (including phenoxy) is 1. The summed E-state index contributed by atoms with van der Waals surface area (Å²) in [6, 6.07) is -0.268. The zero-order valence-corrected chi connectivity index (χ0v) is 12.9. The molecule has 122 valence electrons. The SMILES string of the molecule is CCC(CNC(=O)NCC1CN(CC)CCO1)CC(=O)O. The van der Waals surface area contributed by atoms with Crippen molar-refractivity contribution in [1.82, 2.24) is 15.5 Å². The fourth-order valence-corrected chi connectivity index (χ4v) is 2.30. The van der Waals surface area contributed by atoms with Crippen molar-refractivity contribution in [3.63, 3.8) is 0 Å². The van der Waals surface area contributed by atoms with E-state index in [1.165, 1.54) is 0 Å². The van der Waals surface area contributed by atoms with E-state index in [0.29, 0.717) is 19.7 Å². The third kappa shape index (κ3) is 7.29. The number of hydrogen-bond donors (Lipinski definition) is 3. The molecular weight excluding hydrogens is 274 g/mol. The fourth-order valence-electron chi connectivity index (χ4n) is 2.30. The van der Waals surface area contributed by atoms with Gasteiger partial charge in [0.25, 0.3) is 0 Å². The first kappa shape index (κ1) is 17.7. The molecule has 0 radical (unpaired) electrons. The lowest BCUT2D eigenvalue weighted by molar-refractivity contribution is -0.138. The number of carboxylic acid groups (broad SMARTS) is 1. The predicted molar refractivity (Wildman–Crippen MR) is 79.3 cm³/mol. The molecule has 0 aromatic carbocycles. The summed E-state index contributed by atoms with van der Waals surface area (Å²) < 4.78 is 5.60. The average Bonchev–Trinajstić information content (AvgIpc) is 2.49. The molecule has 7 heteroatoms. The molecule has 0 aromatic heterocycles. The van der Waals surface area contributed by atoms with Crippen LogP contribution in [0.5, 0.6) is 0 Å². The minimum absolute atomic E-state index is 0.0189. The van der Waals surface area contributed by atoms with Crippen LogP contribution in [0.15, 0.2) is 0 Å². The van der Waals surface area contributed by atoms with E-state index in [1.807, 2.05) is 6.92 Å². The Morgan fingerprint density at radius 3 is 2.76 bits per heavy atom. The molecule has 2 atom stereocenters. The van der Waals surface area contributed by atoms with Crippen molar-refractivity contribution in [2.24, 2.45) is 5.92 Å². The van der Waals surface area contributed by atoms with E-state index in [1.54, 1.807) is 0 Å². The molecule has 2 amide bonds. The van der Waals surface area contributed by atoms with Crippen molar-refractivity contribution < 1.29 is 19.4 Å². The number of carbonyl (C=O) groups is 2. The van der Waals surface area contributed by atoms with Crippen LogP contribution in [0.3, 0.4) is 0 Å². The van der Waals surface area contributed by atoms with Gasteiger partial charge in [-0.25, -0.2) is 4.79 Å². The van der Waals surface area contributed by atoms with Crippen molar-refractivity contribution in [2.75, 3.05) is 39.3 Å². The van der Waals surface area contributed by atoms with Crippen LogP contribution in [0.4, 0.5) is 4.79 Å². The first-order chi connectivity index (χ1) is 10.0. The Kier molecular flexibility index (Phi) is 8.07. The maximum Gasteiger partial charge on any atom is 0.314 e. The summed E-state index contributed by atoms with van der Waals surface area (Å²) in [5.74, 6) is -0.867. The molecule has 1 heterocycles. The minimum Gasteiger partial charge on any atom is -0.481 e. The predicted octanol–water partition coefficient (Wildman–Crippen LogP) is 0.507. The Morgan fingerprint density at radius 1 is 1.38 bits per heavy atom. The quantitative estimate of drug-likeness (QED) is 0.607. The van der Waals surface area contributed by atoms with Crippen LogP contribution >= 0.6 is 0 Å². The van der Waals surface area contributed by atoms with E-state index in [4.69, 9.17) is 9.84 Å². The number of amides is 2. The van der Waals surface area contributed by atoms with Gasteiger partial charge in [-0.2, -0.15) is 0 Å². The lowest BCUT2D eigenvalue weighted by atomic mass is 10.0. The molecule has 1 fully saturated rings. The van der Waals surface area contributed by atoms with E-state index in [-0.39, 0.29) is 24.5 Å². The number of rotatable bonds is 8. The zero-order valence-electron chi connectivity index (χ0n) is 12.9. The molecular formula is C14H27N3O4. The number of morpholine rings is 1. The minimum atomic E-state index is -0.834. The average molecular weight is 301 g/mol. The van der Waals surface area contributed by atoms with Crippen LogP contribution in [-0.2, 0) is 9.53 Å². The van der Waals surface area contributed by atoms with Gasteiger partial charge in [-0.05, 0) is 12.5 Å². The topological polar surface area (TPSA) is 90.9 Å². The largest absolute Gasteiger partial charge is 0.481 e. The van der Waals surface area contributed by atoms with Crippen LogP contribution in [0.25, 0.3) is 0 Å². The summed E-state index contributed by atoms with van der Waals surface area (Å²) in [7, 11) is 0. The normalized spacial score (nSPS) is 20.8. The van der Waals surface area contributed by atoms with Gasteiger partial charge in [-0.1, -0.05) is 20.3 Å². The molecule has 0 aromatic rings. The van der Waals surface area contributed by atoms with Gasteiger partial charge >= 0.3 is 12.0 Å². The highest BCUT2D eigenvalue weighted by Crippen LogP contribution is 2.06. The van der Waals surface area contributed by atoms with Crippen molar-refractivity contribution in [3.05, 3.63) is 0 Å². The summed E-state index contributed by atoms with van der Waals surface area (Å²) >= 11 is 0. The number of carbonyl (C=O) groups excluding carboxylic acids is 1. The van der Waals surface area contributed by atoms with Crippen LogP contribution < -0.4 is 10.6 Å². The highest BCUT2D eigenvalue weighted by molar-refractivity contribution is 5.74. The van der Waals surface area contributed by atoms with Crippen molar-refractivity contribution in [3.8, 4) is 0 Å². The molecule has 3 N–H and O–H groups in total. The van der Waals surface area contributed by atoms with Crippen LogP contribution in [0.2, 0.25) is 0 Å². The molecule has 0 bridgehead atoms. The van der Waals surface area contributed by atoms with E-state index in [9.17, 15) is 9.59 Å². The number of nitrogens with zero attached hydrogens (tertiary/aromatic N) is 1. The van der Waals surface area contributed by atoms with Gasteiger partial charge in [0.15, 0.2) is 0 Å². The number of hydrogen-bond acceptors (Lipinski definition) is 4. The van der Waals surface area contributed by atoms with E-state index < -0.39 is 5.97 Å². The summed E-state index contributed by atoms with van der Waals surface area (Å²) in [6.07, 6.45) is 0.822. The number of likely N-dealkylation sites (N-methyl/N-ethyl adjacent to an activating group) is 1. The van der Waals surface area contributed by atoms with Crippen molar-refractivity contribution >= 4 is 12.0 Å². The second-order valence-corrected chi connectivity index (χ2v) is 5.35. The van der Waals surface area contributed by atoms with Crippen LogP contribution in [-0.4, -0.2) is 67.4 Å². The Labute approximate surface area is 126 Å². The summed E-state index contributed by atoms with van der Waals surface area (Å²) in [5.41, 5.74) is 0. The lowest BCUT2D eigenvalue weighted by Gasteiger charge is -2.32. The fraction of sp³-hybridized carbons (Fsp3) is 0.857. The van der Waals surface area contributed by atoms with E-state index in [0.717, 1.165) is 26.1 Å². The third-order valence-corrected chi connectivity index (χ3v) is 3.75. The van der Waals surface area contributed by atoms with Gasteiger partial charge < -0.3 is 20.5 Å². The van der Waals surface area contributed by atoms with Crippen LogP contribution in [0, 0.1) is 5.92 Å². The number of carboxylic acids is 1. The summed E-state index contributed by atoms with van der Waals surface area (Å²) in [4.78, 5) is 24.6. The first-order valence-corrected chi connectivity index (χ1v) is 7.62. The van der Waals surface area contributed by atoms with E-state index >= 15 is 0 Å². The molecule has 1 aliphatic rings. The lowest BCUT2D eigenvalue weighted by Crippen LogP contribution is -2.49. The van der Waals surface area contributed by atoms with E-state index in [2.05, 4.69) is 22.5 Å². The number of urea groups is 1. The van der Waals surface area contributed by atoms with Gasteiger partial charge in [0.2, 0.25) is 0 Å². The van der Waals surface area contributed by atoms with Crippen LogP contribution in [0.1, 0.15) is 26.7 Å².